The molecule has 2 aromatic carbocycles. The molecule has 124 valence electrons. The maximum absolute atomic E-state index is 12.5. The van der Waals surface area contributed by atoms with Gasteiger partial charge in [0.2, 0.25) is 0 Å². The van der Waals surface area contributed by atoms with Crippen molar-refractivity contribution in [3.05, 3.63) is 65.9 Å². The van der Waals surface area contributed by atoms with Gasteiger partial charge in [-0.3, -0.25) is 4.79 Å². The number of ether oxygens (including phenoxy) is 1. The first kappa shape index (κ1) is 16.1. The third kappa shape index (κ3) is 3.59. The Morgan fingerprint density at radius 1 is 1.17 bits per heavy atom. The maximum Gasteiger partial charge on any atom is 0.255 e. The van der Waals surface area contributed by atoms with E-state index in [2.05, 4.69) is 5.32 Å². The molecule has 1 amide bonds. The van der Waals surface area contributed by atoms with Crippen LogP contribution in [0.3, 0.4) is 0 Å². The van der Waals surface area contributed by atoms with Crippen molar-refractivity contribution in [1.82, 2.24) is 5.32 Å². The summed E-state index contributed by atoms with van der Waals surface area (Å²) in [5.74, 6) is 1.33. The number of rotatable bonds is 6. The molecule has 3 aromatic rings. The number of fused-ring (bicyclic) bond motifs is 1. The maximum atomic E-state index is 12.5. The molecule has 0 unspecified atom stereocenters. The molecule has 3 rings (SSSR count). The van der Waals surface area contributed by atoms with Gasteiger partial charge in [0.05, 0.1) is 12.2 Å². The SMILES string of the molecule is CCOc1ccccc1C(=O)N[C@H](C)Cc1cc2ccccc2o1. The van der Waals surface area contributed by atoms with Crippen LogP contribution in [-0.2, 0) is 6.42 Å². The van der Waals surface area contributed by atoms with Gasteiger partial charge in [-0.2, -0.15) is 0 Å². The van der Waals surface area contributed by atoms with E-state index in [0.717, 1.165) is 16.7 Å². The van der Waals surface area contributed by atoms with Crippen LogP contribution in [0.25, 0.3) is 11.0 Å². The molecule has 0 bridgehead atoms. The number of carbonyl (C=O) groups excluding carboxylic acids is 1. The van der Waals surface area contributed by atoms with E-state index >= 15 is 0 Å². The van der Waals surface area contributed by atoms with Crippen molar-refractivity contribution in [2.45, 2.75) is 26.3 Å². The molecule has 0 aliphatic carbocycles. The van der Waals surface area contributed by atoms with E-state index in [9.17, 15) is 4.79 Å². The lowest BCUT2D eigenvalue weighted by molar-refractivity contribution is 0.0935. The van der Waals surface area contributed by atoms with E-state index in [1.165, 1.54) is 0 Å². The van der Waals surface area contributed by atoms with Crippen molar-refractivity contribution in [3.63, 3.8) is 0 Å². The zero-order chi connectivity index (χ0) is 16.9. The number of hydrogen-bond acceptors (Lipinski definition) is 3. The number of benzene rings is 2. The fraction of sp³-hybridized carbons (Fsp3) is 0.250. The van der Waals surface area contributed by atoms with E-state index in [-0.39, 0.29) is 11.9 Å². The Hall–Kier alpha value is -2.75. The molecular formula is C20H21NO3. The van der Waals surface area contributed by atoms with Crippen LogP contribution in [0, 0.1) is 0 Å². The molecule has 4 nitrogen and oxygen atoms in total. The third-order valence-corrected chi connectivity index (χ3v) is 3.79. The van der Waals surface area contributed by atoms with Gasteiger partial charge in [0.1, 0.15) is 17.1 Å². The monoisotopic (exact) mass is 323 g/mol. The van der Waals surface area contributed by atoms with Crippen molar-refractivity contribution in [2.75, 3.05) is 6.61 Å². The highest BCUT2D eigenvalue weighted by molar-refractivity contribution is 5.97. The normalized spacial score (nSPS) is 12.1. The summed E-state index contributed by atoms with van der Waals surface area (Å²) in [6.07, 6.45) is 0.636. The van der Waals surface area contributed by atoms with E-state index in [4.69, 9.17) is 9.15 Å². The van der Waals surface area contributed by atoms with Gasteiger partial charge in [-0.1, -0.05) is 30.3 Å². The van der Waals surface area contributed by atoms with Crippen LogP contribution in [0.2, 0.25) is 0 Å². The summed E-state index contributed by atoms with van der Waals surface area (Å²) in [5, 5.41) is 4.09. The summed E-state index contributed by atoms with van der Waals surface area (Å²) in [7, 11) is 0. The van der Waals surface area contributed by atoms with E-state index < -0.39 is 0 Å². The number of amides is 1. The van der Waals surface area contributed by atoms with Crippen LogP contribution in [0.4, 0.5) is 0 Å². The van der Waals surface area contributed by atoms with Crippen LogP contribution in [-0.4, -0.2) is 18.6 Å². The van der Waals surface area contributed by atoms with Gasteiger partial charge >= 0.3 is 0 Å². The molecule has 1 N–H and O–H groups in total. The number of para-hydroxylation sites is 2. The zero-order valence-electron chi connectivity index (χ0n) is 13.9. The Morgan fingerprint density at radius 2 is 1.92 bits per heavy atom. The van der Waals surface area contributed by atoms with Gasteiger partial charge < -0.3 is 14.5 Å². The van der Waals surface area contributed by atoms with Crippen molar-refractivity contribution in [1.29, 1.82) is 0 Å². The highest BCUT2D eigenvalue weighted by Gasteiger charge is 2.16. The molecule has 0 saturated heterocycles. The highest BCUT2D eigenvalue weighted by atomic mass is 16.5. The third-order valence-electron chi connectivity index (χ3n) is 3.79. The number of carbonyl (C=O) groups is 1. The van der Waals surface area contributed by atoms with E-state index in [1.54, 1.807) is 6.07 Å². The van der Waals surface area contributed by atoms with Gasteiger partial charge in [-0.15, -0.1) is 0 Å². The van der Waals surface area contributed by atoms with Crippen molar-refractivity contribution in [2.24, 2.45) is 0 Å². The first-order valence-electron chi connectivity index (χ1n) is 8.17. The minimum absolute atomic E-state index is 0.0484. The molecule has 0 aliphatic rings. The van der Waals surface area contributed by atoms with Crippen LogP contribution >= 0.6 is 0 Å². The number of nitrogens with one attached hydrogen (secondary N) is 1. The predicted octanol–water partition coefficient (Wildman–Crippen LogP) is 4.19. The fourth-order valence-electron chi connectivity index (χ4n) is 2.73. The van der Waals surface area contributed by atoms with E-state index in [1.807, 2.05) is 62.4 Å². The molecular weight excluding hydrogens is 302 g/mol. The molecule has 24 heavy (non-hydrogen) atoms. The molecule has 1 atom stereocenters. The second-order valence-corrected chi connectivity index (χ2v) is 5.76. The number of furan rings is 1. The quantitative estimate of drug-likeness (QED) is 0.740. The molecule has 1 aromatic heterocycles. The van der Waals surface area contributed by atoms with Gasteiger partial charge in [-0.25, -0.2) is 0 Å². The van der Waals surface area contributed by atoms with Crippen LogP contribution in [0.1, 0.15) is 30.0 Å². The molecule has 0 spiro atoms. The first-order valence-corrected chi connectivity index (χ1v) is 8.17. The topological polar surface area (TPSA) is 51.5 Å². The average molecular weight is 323 g/mol. The summed E-state index contributed by atoms with van der Waals surface area (Å²) in [6.45, 7) is 4.39. The Morgan fingerprint density at radius 3 is 2.71 bits per heavy atom. The van der Waals surface area contributed by atoms with Crippen molar-refractivity contribution >= 4 is 16.9 Å². The highest BCUT2D eigenvalue weighted by Crippen LogP contribution is 2.21. The Balaban J connectivity index is 1.68. The van der Waals surface area contributed by atoms with Gasteiger partial charge in [0.15, 0.2) is 0 Å². The zero-order valence-corrected chi connectivity index (χ0v) is 13.9. The number of hydrogen-bond donors (Lipinski definition) is 1. The largest absolute Gasteiger partial charge is 0.493 e. The molecule has 0 saturated carbocycles. The summed E-state index contributed by atoms with van der Waals surface area (Å²) in [4.78, 5) is 12.5. The lowest BCUT2D eigenvalue weighted by atomic mass is 10.1. The molecule has 0 fully saturated rings. The lowest BCUT2D eigenvalue weighted by Crippen LogP contribution is -2.34. The molecule has 0 aliphatic heterocycles. The Bertz CT molecular complexity index is 805. The fourth-order valence-corrected chi connectivity index (χ4v) is 2.73. The average Bonchev–Trinajstić information content (AvgIpc) is 2.97. The smallest absolute Gasteiger partial charge is 0.255 e. The van der Waals surface area contributed by atoms with E-state index in [0.29, 0.717) is 24.3 Å². The minimum atomic E-state index is -0.136. The van der Waals surface area contributed by atoms with Gasteiger partial charge in [-0.05, 0) is 38.1 Å². The molecule has 0 radical (unpaired) electrons. The summed E-state index contributed by atoms with van der Waals surface area (Å²) < 4.78 is 11.3. The van der Waals surface area contributed by atoms with Crippen molar-refractivity contribution < 1.29 is 13.9 Å². The summed E-state index contributed by atoms with van der Waals surface area (Å²) in [6, 6.07) is 17.1. The second kappa shape index (κ2) is 7.21. The lowest BCUT2D eigenvalue weighted by Gasteiger charge is -2.14. The minimum Gasteiger partial charge on any atom is -0.493 e. The van der Waals surface area contributed by atoms with Gasteiger partial charge in [0, 0.05) is 17.8 Å². The van der Waals surface area contributed by atoms with Crippen LogP contribution in [0.15, 0.2) is 59.0 Å². The van der Waals surface area contributed by atoms with Crippen LogP contribution in [0.5, 0.6) is 5.75 Å². The predicted molar refractivity (Wildman–Crippen MR) is 94.5 cm³/mol. The first-order chi connectivity index (χ1) is 11.7. The second-order valence-electron chi connectivity index (χ2n) is 5.76. The summed E-state index contributed by atoms with van der Waals surface area (Å²) in [5.41, 5.74) is 1.42. The standard InChI is InChI=1S/C20H21NO3/c1-3-23-19-11-7-5-9-17(19)20(22)21-14(2)12-16-13-15-8-4-6-10-18(15)24-16/h4-11,13-14H,3,12H2,1-2H3,(H,21,22)/t14-/m1/s1. The Labute approximate surface area is 141 Å². The molecule has 4 heteroatoms. The summed E-state index contributed by atoms with van der Waals surface area (Å²) >= 11 is 0. The van der Waals surface area contributed by atoms with Gasteiger partial charge in [0.25, 0.3) is 5.91 Å². The van der Waals surface area contributed by atoms with Crippen LogP contribution < -0.4 is 10.1 Å². The Kier molecular flexibility index (Phi) is 4.85. The molecule has 1 heterocycles. The van der Waals surface area contributed by atoms with Crippen molar-refractivity contribution in [3.8, 4) is 5.75 Å².